The minimum Gasteiger partial charge on any atom is -0.467 e. The van der Waals surface area contributed by atoms with Crippen molar-refractivity contribution >= 4 is 11.8 Å². The number of nitrogens with zero attached hydrogens (tertiary/aromatic N) is 2. The van der Waals surface area contributed by atoms with Crippen molar-refractivity contribution in [2.75, 3.05) is 39.3 Å². The fourth-order valence-corrected chi connectivity index (χ4v) is 2.53. The molecule has 1 aromatic heterocycles. The summed E-state index contributed by atoms with van der Waals surface area (Å²) in [6.45, 7) is 8.33. The second-order valence-electron chi connectivity index (χ2n) is 6.13. The molecule has 1 aliphatic heterocycles. The van der Waals surface area contributed by atoms with Crippen molar-refractivity contribution in [1.29, 1.82) is 0 Å². The van der Waals surface area contributed by atoms with E-state index in [-0.39, 0.29) is 17.9 Å². The van der Waals surface area contributed by atoms with Crippen molar-refractivity contribution in [3.05, 3.63) is 24.2 Å². The van der Waals surface area contributed by atoms with E-state index in [0.717, 1.165) is 31.9 Å². The van der Waals surface area contributed by atoms with Gasteiger partial charge >= 0.3 is 0 Å². The summed E-state index contributed by atoms with van der Waals surface area (Å²) >= 11 is 0. The number of piperazine rings is 1. The van der Waals surface area contributed by atoms with Crippen LogP contribution in [-0.2, 0) is 16.1 Å². The highest BCUT2D eigenvalue weighted by Gasteiger charge is 2.20. The van der Waals surface area contributed by atoms with E-state index < -0.39 is 0 Å². The Hall–Kier alpha value is -1.86. The third-order valence-corrected chi connectivity index (χ3v) is 3.69. The summed E-state index contributed by atoms with van der Waals surface area (Å²) in [5.74, 6) is 0.802. The van der Waals surface area contributed by atoms with Crippen molar-refractivity contribution in [2.24, 2.45) is 0 Å². The number of carbonyl (C=O) groups is 2. The van der Waals surface area contributed by atoms with Crippen LogP contribution >= 0.6 is 0 Å². The van der Waals surface area contributed by atoms with Crippen LogP contribution in [-0.4, -0.2) is 66.9 Å². The molecule has 1 aliphatic rings. The molecule has 0 unspecified atom stereocenters. The fourth-order valence-electron chi connectivity index (χ4n) is 2.53. The molecular weight excluding hydrogens is 296 g/mol. The third-order valence-electron chi connectivity index (χ3n) is 3.69. The SMILES string of the molecule is CC(C)NC(=O)CN1CCN(CC(=O)NCc2ccco2)CC1. The molecule has 23 heavy (non-hydrogen) atoms. The summed E-state index contributed by atoms with van der Waals surface area (Å²) in [5, 5.41) is 5.74. The molecule has 7 nitrogen and oxygen atoms in total. The summed E-state index contributed by atoms with van der Waals surface area (Å²) < 4.78 is 5.18. The van der Waals surface area contributed by atoms with Crippen LogP contribution in [0.3, 0.4) is 0 Å². The lowest BCUT2D eigenvalue weighted by Crippen LogP contribution is -2.51. The number of amides is 2. The van der Waals surface area contributed by atoms with Gasteiger partial charge in [-0.3, -0.25) is 19.4 Å². The Morgan fingerprint density at radius 1 is 1.13 bits per heavy atom. The van der Waals surface area contributed by atoms with Gasteiger partial charge < -0.3 is 15.1 Å². The summed E-state index contributed by atoms with van der Waals surface area (Å²) in [6.07, 6.45) is 1.59. The number of nitrogens with one attached hydrogen (secondary N) is 2. The van der Waals surface area contributed by atoms with E-state index in [2.05, 4.69) is 20.4 Å². The van der Waals surface area contributed by atoms with Crippen molar-refractivity contribution < 1.29 is 14.0 Å². The van der Waals surface area contributed by atoms with Gasteiger partial charge in [-0.2, -0.15) is 0 Å². The zero-order valence-electron chi connectivity index (χ0n) is 13.9. The Morgan fingerprint density at radius 3 is 2.26 bits per heavy atom. The number of furan rings is 1. The van der Waals surface area contributed by atoms with E-state index in [0.29, 0.717) is 19.6 Å². The molecule has 0 aliphatic carbocycles. The van der Waals surface area contributed by atoms with Gasteiger partial charge in [0.25, 0.3) is 0 Å². The van der Waals surface area contributed by atoms with Crippen LogP contribution in [0.4, 0.5) is 0 Å². The van der Waals surface area contributed by atoms with Gasteiger partial charge in [0.15, 0.2) is 0 Å². The topological polar surface area (TPSA) is 77.8 Å². The van der Waals surface area contributed by atoms with Crippen LogP contribution in [0, 0.1) is 0 Å². The second kappa shape index (κ2) is 8.69. The lowest BCUT2D eigenvalue weighted by atomic mass is 10.3. The first-order valence-corrected chi connectivity index (χ1v) is 8.06. The maximum atomic E-state index is 11.9. The van der Waals surface area contributed by atoms with Crippen LogP contribution in [0.15, 0.2) is 22.8 Å². The summed E-state index contributed by atoms with van der Waals surface area (Å²) in [5.41, 5.74) is 0. The van der Waals surface area contributed by atoms with Gasteiger partial charge in [0.2, 0.25) is 11.8 Å². The molecule has 1 fully saturated rings. The highest BCUT2D eigenvalue weighted by molar-refractivity contribution is 5.78. The Morgan fingerprint density at radius 2 is 1.74 bits per heavy atom. The molecule has 0 saturated carbocycles. The van der Waals surface area contributed by atoms with Crippen molar-refractivity contribution in [3.63, 3.8) is 0 Å². The predicted molar refractivity (Wildman–Crippen MR) is 86.7 cm³/mol. The molecule has 1 saturated heterocycles. The molecule has 7 heteroatoms. The molecule has 0 aromatic carbocycles. The molecule has 128 valence electrons. The largest absolute Gasteiger partial charge is 0.467 e. The predicted octanol–water partition coefficient (Wildman–Crippen LogP) is 0.0380. The minimum atomic E-state index is -0.00704. The van der Waals surface area contributed by atoms with Crippen LogP contribution in [0.5, 0.6) is 0 Å². The van der Waals surface area contributed by atoms with Crippen LogP contribution in [0.1, 0.15) is 19.6 Å². The standard InChI is InChI=1S/C16H26N4O3/c1-13(2)18-16(22)12-20-7-5-19(6-8-20)11-15(21)17-10-14-4-3-9-23-14/h3-4,9,13H,5-8,10-12H2,1-2H3,(H,17,21)(H,18,22). The highest BCUT2D eigenvalue weighted by Crippen LogP contribution is 2.02. The molecular formula is C16H26N4O3. The van der Waals surface area contributed by atoms with E-state index in [4.69, 9.17) is 4.42 Å². The lowest BCUT2D eigenvalue weighted by Gasteiger charge is -2.33. The van der Waals surface area contributed by atoms with E-state index >= 15 is 0 Å². The number of hydrogen-bond donors (Lipinski definition) is 2. The molecule has 2 N–H and O–H groups in total. The zero-order chi connectivity index (χ0) is 16.7. The van der Waals surface area contributed by atoms with Gasteiger partial charge in [-0.25, -0.2) is 0 Å². The van der Waals surface area contributed by atoms with E-state index in [1.807, 2.05) is 19.9 Å². The average Bonchev–Trinajstić information content (AvgIpc) is 3.00. The Kier molecular flexibility index (Phi) is 6.61. The van der Waals surface area contributed by atoms with Crippen LogP contribution < -0.4 is 10.6 Å². The lowest BCUT2D eigenvalue weighted by molar-refractivity contribution is -0.125. The number of hydrogen-bond acceptors (Lipinski definition) is 5. The molecule has 0 spiro atoms. The molecule has 0 radical (unpaired) electrons. The Balaban J connectivity index is 1.62. The van der Waals surface area contributed by atoms with E-state index in [1.54, 1.807) is 12.3 Å². The molecule has 2 heterocycles. The van der Waals surface area contributed by atoms with E-state index in [1.165, 1.54) is 0 Å². The average molecular weight is 322 g/mol. The summed E-state index contributed by atoms with van der Waals surface area (Å²) in [7, 11) is 0. The first-order chi connectivity index (χ1) is 11.0. The van der Waals surface area contributed by atoms with Gasteiger partial charge in [-0.15, -0.1) is 0 Å². The molecule has 2 rings (SSSR count). The highest BCUT2D eigenvalue weighted by atomic mass is 16.3. The van der Waals surface area contributed by atoms with Crippen LogP contribution in [0.25, 0.3) is 0 Å². The van der Waals surface area contributed by atoms with Gasteiger partial charge in [0.1, 0.15) is 5.76 Å². The summed E-state index contributed by atoms with van der Waals surface area (Å²) in [4.78, 5) is 27.9. The number of rotatable bonds is 7. The van der Waals surface area contributed by atoms with Gasteiger partial charge in [-0.1, -0.05) is 0 Å². The fraction of sp³-hybridized carbons (Fsp3) is 0.625. The number of carbonyl (C=O) groups excluding carboxylic acids is 2. The smallest absolute Gasteiger partial charge is 0.234 e. The molecule has 0 atom stereocenters. The van der Waals surface area contributed by atoms with Crippen molar-refractivity contribution in [1.82, 2.24) is 20.4 Å². The minimum absolute atomic E-state index is 0.00704. The van der Waals surface area contributed by atoms with Crippen LogP contribution in [0.2, 0.25) is 0 Å². The molecule has 1 aromatic rings. The molecule has 2 amide bonds. The van der Waals surface area contributed by atoms with E-state index in [9.17, 15) is 9.59 Å². The second-order valence-corrected chi connectivity index (χ2v) is 6.13. The summed E-state index contributed by atoms with van der Waals surface area (Å²) in [6, 6.07) is 3.80. The Bertz CT molecular complexity index is 493. The molecule has 0 bridgehead atoms. The monoisotopic (exact) mass is 322 g/mol. The van der Waals surface area contributed by atoms with Crippen molar-refractivity contribution in [2.45, 2.75) is 26.4 Å². The zero-order valence-corrected chi connectivity index (χ0v) is 13.9. The normalized spacial score (nSPS) is 16.5. The van der Waals surface area contributed by atoms with Gasteiger partial charge in [0, 0.05) is 32.2 Å². The third kappa shape index (κ3) is 6.42. The van der Waals surface area contributed by atoms with Crippen molar-refractivity contribution in [3.8, 4) is 0 Å². The maximum Gasteiger partial charge on any atom is 0.234 e. The Labute approximate surface area is 137 Å². The maximum absolute atomic E-state index is 11.9. The first-order valence-electron chi connectivity index (χ1n) is 8.06. The first kappa shape index (κ1) is 17.5. The van der Waals surface area contributed by atoms with Gasteiger partial charge in [-0.05, 0) is 26.0 Å². The quantitative estimate of drug-likeness (QED) is 0.741. The van der Waals surface area contributed by atoms with Gasteiger partial charge in [0.05, 0.1) is 25.9 Å².